The predicted molar refractivity (Wildman–Crippen MR) is 62.6 cm³/mol. The van der Waals surface area contributed by atoms with Gasteiger partial charge in [0.15, 0.2) is 5.69 Å². The second-order valence-electron chi connectivity index (χ2n) is 4.47. The average molecular weight is 207 g/mol. The molecule has 0 aliphatic heterocycles. The summed E-state index contributed by atoms with van der Waals surface area (Å²) in [4.78, 5) is 4.51. The molecule has 0 unspecified atom stereocenters. The fourth-order valence-electron chi connectivity index (χ4n) is 1.68. The molecule has 0 saturated carbocycles. The molecule has 0 aliphatic carbocycles. The standard InChI is InChI=1S/C13H23N2/c1-5-12-9-15(8-7-11(3)4)10-14-13(12)6-2/h9-11H,5-8H2,1-4H3/q+1. The smallest absolute Gasteiger partial charge is 0.237 e. The molecule has 0 saturated heterocycles. The summed E-state index contributed by atoms with van der Waals surface area (Å²) in [5.74, 6) is 0.758. The molecular formula is C13H23N2+. The number of nitrogens with zero attached hydrogens (tertiary/aromatic N) is 2. The molecule has 1 rings (SSSR count). The third-order valence-corrected chi connectivity index (χ3v) is 2.73. The molecule has 0 bridgehead atoms. The van der Waals surface area contributed by atoms with Gasteiger partial charge in [0.05, 0.1) is 12.7 Å². The van der Waals surface area contributed by atoms with Crippen LogP contribution in [-0.2, 0) is 19.4 Å². The lowest BCUT2D eigenvalue weighted by Gasteiger charge is -2.05. The zero-order valence-corrected chi connectivity index (χ0v) is 10.5. The van der Waals surface area contributed by atoms with Gasteiger partial charge in [-0.05, 0) is 18.8 Å². The van der Waals surface area contributed by atoms with Gasteiger partial charge in [-0.25, -0.2) is 4.57 Å². The molecule has 0 fully saturated rings. The van der Waals surface area contributed by atoms with E-state index >= 15 is 0 Å². The van der Waals surface area contributed by atoms with Crippen molar-refractivity contribution in [2.75, 3.05) is 0 Å². The summed E-state index contributed by atoms with van der Waals surface area (Å²) in [5, 5.41) is 0. The van der Waals surface area contributed by atoms with Gasteiger partial charge < -0.3 is 0 Å². The second kappa shape index (κ2) is 5.84. The topological polar surface area (TPSA) is 16.8 Å². The third-order valence-electron chi connectivity index (χ3n) is 2.73. The highest BCUT2D eigenvalue weighted by Gasteiger charge is 2.09. The first-order valence-corrected chi connectivity index (χ1v) is 6.04. The highest BCUT2D eigenvalue weighted by molar-refractivity contribution is 5.13. The summed E-state index contributed by atoms with van der Waals surface area (Å²) in [7, 11) is 0. The molecule has 0 aliphatic rings. The quantitative estimate of drug-likeness (QED) is 0.678. The lowest BCUT2D eigenvalue weighted by atomic mass is 10.1. The van der Waals surface area contributed by atoms with Gasteiger partial charge in [-0.2, -0.15) is 0 Å². The van der Waals surface area contributed by atoms with E-state index in [4.69, 9.17) is 0 Å². The Morgan fingerprint density at radius 3 is 2.53 bits per heavy atom. The van der Waals surface area contributed by atoms with Crippen molar-refractivity contribution in [3.8, 4) is 0 Å². The minimum absolute atomic E-state index is 0.758. The Balaban J connectivity index is 2.74. The Kier molecular flexibility index (Phi) is 4.73. The summed E-state index contributed by atoms with van der Waals surface area (Å²) in [5.41, 5.74) is 2.64. The van der Waals surface area contributed by atoms with E-state index in [1.165, 1.54) is 17.7 Å². The molecule has 0 amide bonds. The van der Waals surface area contributed by atoms with Crippen LogP contribution in [-0.4, -0.2) is 4.98 Å². The molecule has 2 nitrogen and oxygen atoms in total. The summed E-state index contributed by atoms with van der Waals surface area (Å²) in [6, 6.07) is 0. The molecule has 0 N–H and O–H groups in total. The fraction of sp³-hybridized carbons (Fsp3) is 0.692. The minimum atomic E-state index is 0.758. The predicted octanol–water partition coefficient (Wildman–Crippen LogP) is 2.54. The van der Waals surface area contributed by atoms with Gasteiger partial charge in [0.2, 0.25) is 0 Å². The van der Waals surface area contributed by atoms with Gasteiger partial charge in [-0.1, -0.05) is 32.7 Å². The van der Waals surface area contributed by atoms with Gasteiger partial charge in [-0.3, -0.25) is 0 Å². The van der Waals surface area contributed by atoms with Crippen LogP contribution in [0.2, 0.25) is 0 Å². The third kappa shape index (κ3) is 3.61. The fourth-order valence-corrected chi connectivity index (χ4v) is 1.68. The maximum atomic E-state index is 4.51. The van der Waals surface area contributed by atoms with Gasteiger partial charge in [0.25, 0.3) is 6.33 Å². The Hall–Kier alpha value is -0.920. The SMILES string of the molecule is CCc1c[n+](CCC(C)C)cnc1CC. The lowest BCUT2D eigenvalue weighted by Crippen LogP contribution is -2.35. The first-order chi connectivity index (χ1) is 7.17. The van der Waals surface area contributed by atoms with Crippen LogP contribution in [0.3, 0.4) is 0 Å². The normalized spacial score (nSPS) is 11.0. The number of hydrogen-bond acceptors (Lipinski definition) is 1. The van der Waals surface area contributed by atoms with Crippen molar-refractivity contribution in [2.24, 2.45) is 5.92 Å². The van der Waals surface area contributed by atoms with Crippen molar-refractivity contribution < 1.29 is 4.57 Å². The van der Waals surface area contributed by atoms with Gasteiger partial charge in [0.1, 0.15) is 0 Å². The van der Waals surface area contributed by atoms with Crippen molar-refractivity contribution in [3.05, 3.63) is 23.8 Å². The lowest BCUT2D eigenvalue weighted by molar-refractivity contribution is -0.701. The molecule has 15 heavy (non-hydrogen) atoms. The van der Waals surface area contributed by atoms with Crippen LogP contribution in [0.5, 0.6) is 0 Å². The van der Waals surface area contributed by atoms with Crippen molar-refractivity contribution in [1.82, 2.24) is 4.98 Å². The number of aromatic nitrogens is 2. The van der Waals surface area contributed by atoms with Crippen LogP contribution < -0.4 is 4.57 Å². The molecule has 1 heterocycles. The van der Waals surface area contributed by atoms with Crippen LogP contribution >= 0.6 is 0 Å². The number of rotatable bonds is 5. The largest absolute Gasteiger partial charge is 0.286 e. The minimum Gasteiger partial charge on any atom is -0.237 e. The molecule has 84 valence electrons. The summed E-state index contributed by atoms with van der Waals surface area (Å²) >= 11 is 0. The van der Waals surface area contributed by atoms with Crippen molar-refractivity contribution in [2.45, 2.75) is 53.5 Å². The van der Waals surface area contributed by atoms with E-state index in [2.05, 4.69) is 43.4 Å². The van der Waals surface area contributed by atoms with E-state index in [0.29, 0.717) is 0 Å². The maximum absolute atomic E-state index is 4.51. The summed E-state index contributed by atoms with van der Waals surface area (Å²) in [6.07, 6.45) is 7.57. The van der Waals surface area contributed by atoms with Gasteiger partial charge in [-0.15, -0.1) is 0 Å². The molecule has 0 spiro atoms. The van der Waals surface area contributed by atoms with E-state index in [0.717, 1.165) is 25.3 Å². The first-order valence-electron chi connectivity index (χ1n) is 6.04. The van der Waals surface area contributed by atoms with E-state index in [1.54, 1.807) is 0 Å². The zero-order valence-electron chi connectivity index (χ0n) is 10.5. The zero-order chi connectivity index (χ0) is 11.3. The highest BCUT2D eigenvalue weighted by Crippen LogP contribution is 2.04. The Morgan fingerprint density at radius 2 is 2.00 bits per heavy atom. The maximum Gasteiger partial charge on any atom is 0.286 e. The van der Waals surface area contributed by atoms with E-state index in [-0.39, 0.29) is 0 Å². The highest BCUT2D eigenvalue weighted by atomic mass is 15.0. The van der Waals surface area contributed by atoms with Crippen molar-refractivity contribution >= 4 is 0 Å². The van der Waals surface area contributed by atoms with Crippen LogP contribution in [0.1, 0.15) is 45.4 Å². The molecule has 1 aromatic rings. The Morgan fingerprint density at radius 1 is 1.27 bits per heavy atom. The van der Waals surface area contributed by atoms with E-state index < -0.39 is 0 Å². The molecule has 2 heteroatoms. The Bertz CT molecular complexity index is 305. The summed E-state index contributed by atoms with van der Waals surface area (Å²) in [6.45, 7) is 9.97. The molecule has 1 aromatic heterocycles. The monoisotopic (exact) mass is 207 g/mol. The number of hydrogen-bond donors (Lipinski definition) is 0. The summed E-state index contributed by atoms with van der Waals surface area (Å²) < 4.78 is 2.22. The van der Waals surface area contributed by atoms with E-state index in [9.17, 15) is 0 Å². The average Bonchev–Trinajstić information content (AvgIpc) is 2.25. The Labute approximate surface area is 93.4 Å². The number of aryl methyl sites for hydroxylation is 3. The van der Waals surface area contributed by atoms with Crippen molar-refractivity contribution in [3.63, 3.8) is 0 Å². The van der Waals surface area contributed by atoms with Crippen LogP contribution in [0.15, 0.2) is 12.5 Å². The van der Waals surface area contributed by atoms with Crippen LogP contribution in [0.25, 0.3) is 0 Å². The molecule has 0 atom stereocenters. The second-order valence-corrected chi connectivity index (χ2v) is 4.47. The first kappa shape index (κ1) is 12.2. The van der Waals surface area contributed by atoms with Crippen LogP contribution in [0.4, 0.5) is 0 Å². The van der Waals surface area contributed by atoms with Gasteiger partial charge >= 0.3 is 0 Å². The van der Waals surface area contributed by atoms with Gasteiger partial charge in [0, 0.05) is 12.0 Å². The molecule has 0 aromatic carbocycles. The molecule has 0 radical (unpaired) electrons. The van der Waals surface area contributed by atoms with E-state index in [1.807, 2.05) is 6.33 Å². The van der Waals surface area contributed by atoms with Crippen LogP contribution in [0, 0.1) is 5.92 Å². The molecular weight excluding hydrogens is 184 g/mol. The van der Waals surface area contributed by atoms with Crippen molar-refractivity contribution in [1.29, 1.82) is 0 Å².